The number of imidazole rings is 1. The van der Waals surface area contributed by atoms with Gasteiger partial charge in [0.1, 0.15) is 25.5 Å². The second kappa shape index (κ2) is 12.1. The molecule has 0 radical (unpaired) electrons. The number of hydrogen-bond acceptors (Lipinski definition) is 9. The van der Waals surface area contributed by atoms with Crippen LogP contribution in [-0.2, 0) is 27.6 Å². The molecule has 2 heterocycles. The van der Waals surface area contributed by atoms with Crippen LogP contribution in [0.2, 0.25) is 0 Å². The Hall–Kier alpha value is -3.81. The number of nitrogens with one attached hydrogen (secondary N) is 3. The normalized spacial score (nSPS) is 12.2. The number of benzene rings is 1. The van der Waals surface area contributed by atoms with Crippen molar-refractivity contribution in [3.63, 3.8) is 0 Å². The number of aliphatic hydroxyl groups is 2. The van der Waals surface area contributed by atoms with Crippen molar-refractivity contribution in [3.05, 3.63) is 52.6 Å². The highest BCUT2D eigenvalue weighted by atomic mass is 16.5. The summed E-state index contributed by atoms with van der Waals surface area (Å²) in [6, 6.07) is 8.13. The van der Waals surface area contributed by atoms with E-state index in [0.717, 1.165) is 5.56 Å². The maximum atomic E-state index is 12.9. The lowest BCUT2D eigenvalue weighted by atomic mass is 10.0. The van der Waals surface area contributed by atoms with Crippen molar-refractivity contribution < 1.29 is 29.3 Å². The predicted octanol–water partition coefficient (Wildman–Crippen LogP) is 0.336. The minimum atomic E-state index is -0.970. The third kappa shape index (κ3) is 6.85. The van der Waals surface area contributed by atoms with Crippen molar-refractivity contribution in [1.29, 1.82) is 0 Å². The van der Waals surface area contributed by atoms with Crippen LogP contribution in [0.3, 0.4) is 0 Å². The Kier molecular flexibility index (Phi) is 8.89. The first kappa shape index (κ1) is 25.8. The highest BCUT2D eigenvalue weighted by molar-refractivity contribution is 5.95. The number of amides is 2. The van der Waals surface area contributed by atoms with E-state index < -0.39 is 42.9 Å². The smallest absolute Gasteiger partial charge is 0.408 e. The van der Waals surface area contributed by atoms with Crippen LogP contribution >= 0.6 is 0 Å². The Labute approximate surface area is 200 Å². The maximum absolute atomic E-state index is 12.9. The van der Waals surface area contributed by atoms with Crippen LogP contribution in [0.25, 0.3) is 11.2 Å². The van der Waals surface area contributed by atoms with Crippen LogP contribution in [-0.4, -0.2) is 67.1 Å². The monoisotopic (exact) mass is 488 g/mol. The fraction of sp³-hybridized carbons (Fsp3) is 0.409. The number of H-pyrrole nitrogens is 1. The molecule has 35 heavy (non-hydrogen) atoms. The van der Waals surface area contributed by atoms with Gasteiger partial charge in [0.25, 0.3) is 5.56 Å². The van der Waals surface area contributed by atoms with E-state index in [-0.39, 0.29) is 36.4 Å². The topological polar surface area (TPSA) is 181 Å². The number of anilines is 1. The molecule has 5 N–H and O–H groups in total. The lowest BCUT2D eigenvalue weighted by Crippen LogP contribution is -2.47. The zero-order chi connectivity index (χ0) is 25.4. The summed E-state index contributed by atoms with van der Waals surface area (Å²) in [4.78, 5) is 48.2. The molecule has 0 saturated carbocycles. The average molecular weight is 489 g/mol. The highest BCUT2D eigenvalue weighted by Gasteiger charge is 2.26. The number of fused-ring (bicyclic) bond motifs is 1. The molecule has 13 heteroatoms. The highest BCUT2D eigenvalue weighted by Crippen LogP contribution is 2.11. The van der Waals surface area contributed by atoms with Crippen LogP contribution < -0.4 is 16.2 Å². The van der Waals surface area contributed by atoms with Crippen LogP contribution in [0.1, 0.15) is 19.4 Å². The number of aromatic nitrogens is 4. The molecule has 1 atom stereocenters. The van der Waals surface area contributed by atoms with Gasteiger partial charge in [0.2, 0.25) is 11.9 Å². The van der Waals surface area contributed by atoms with Gasteiger partial charge in [-0.05, 0) is 11.5 Å². The van der Waals surface area contributed by atoms with Gasteiger partial charge in [-0.25, -0.2) is 9.78 Å². The number of hydrogen-bond donors (Lipinski definition) is 5. The first-order valence-electron chi connectivity index (χ1n) is 10.9. The minimum Gasteiger partial charge on any atom is -0.445 e. The zero-order valence-electron chi connectivity index (χ0n) is 19.3. The van der Waals surface area contributed by atoms with Crippen molar-refractivity contribution in [1.82, 2.24) is 24.8 Å². The zero-order valence-corrected chi connectivity index (χ0v) is 19.3. The Morgan fingerprint density at radius 3 is 2.54 bits per heavy atom. The number of nitrogens with zero attached hydrogens (tertiary/aromatic N) is 3. The van der Waals surface area contributed by atoms with E-state index >= 15 is 0 Å². The molecule has 0 fully saturated rings. The number of carbonyl (C=O) groups excluding carboxylic acids is 2. The van der Waals surface area contributed by atoms with Crippen LogP contribution in [0, 0.1) is 5.92 Å². The molecule has 2 aromatic heterocycles. The van der Waals surface area contributed by atoms with Gasteiger partial charge in [0, 0.05) is 0 Å². The maximum Gasteiger partial charge on any atom is 0.408 e. The van der Waals surface area contributed by atoms with Gasteiger partial charge in [0.05, 0.1) is 19.5 Å². The number of carbonyl (C=O) groups is 2. The fourth-order valence-electron chi connectivity index (χ4n) is 3.08. The molecule has 3 aromatic rings. The van der Waals surface area contributed by atoms with E-state index in [1.165, 1.54) is 10.9 Å². The molecule has 1 unspecified atom stereocenters. The molecule has 0 saturated heterocycles. The van der Waals surface area contributed by atoms with Gasteiger partial charge in [0.15, 0.2) is 11.2 Å². The van der Waals surface area contributed by atoms with Crippen molar-refractivity contribution in [3.8, 4) is 0 Å². The molecule has 3 rings (SSSR count). The molecule has 0 spiro atoms. The predicted molar refractivity (Wildman–Crippen MR) is 124 cm³/mol. The Bertz CT molecular complexity index is 1190. The van der Waals surface area contributed by atoms with E-state index in [2.05, 4.69) is 25.6 Å². The number of alkyl carbamates (subject to hydrolysis) is 1. The summed E-state index contributed by atoms with van der Waals surface area (Å²) >= 11 is 0. The lowest BCUT2D eigenvalue weighted by molar-refractivity contribution is -0.119. The van der Waals surface area contributed by atoms with E-state index in [4.69, 9.17) is 19.7 Å². The van der Waals surface area contributed by atoms with Crippen LogP contribution in [0.15, 0.2) is 41.5 Å². The van der Waals surface area contributed by atoms with Gasteiger partial charge in [-0.2, -0.15) is 4.98 Å². The first-order valence-corrected chi connectivity index (χ1v) is 10.9. The minimum absolute atomic E-state index is 0.0131. The Morgan fingerprint density at radius 1 is 1.17 bits per heavy atom. The largest absolute Gasteiger partial charge is 0.445 e. The van der Waals surface area contributed by atoms with E-state index in [1.54, 1.807) is 13.8 Å². The van der Waals surface area contributed by atoms with Crippen molar-refractivity contribution in [2.45, 2.75) is 39.3 Å². The third-order valence-electron chi connectivity index (χ3n) is 5.01. The molecule has 2 amide bonds. The van der Waals surface area contributed by atoms with Gasteiger partial charge < -0.3 is 25.0 Å². The molecule has 188 valence electrons. The van der Waals surface area contributed by atoms with E-state index in [1.807, 2.05) is 30.3 Å². The SMILES string of the molecule is CC(C)C(NC(=O)OCc1ccccc1)C(=O)Nc1nc2c(ncn2COC(CO)CO)c(=O)[nH]1. The summed E-state index contributed by atoms with van der Waals surface area (Å²) in [6.07, 6.45) is -0.267. The third-order valence-corrected chi connectivity index (χ3v) is 5.01. The van der Waals surface area contributed by atoms with Crippen LogP contribution in [0.4, 0.5) is 10.7 Å². The molecule has 0 aliphatic carbocycles. The standard InChI is InChI=1S/C22H28N6O7/c1-13(2)16(24-22(33)34-10-14-6-4-3-5-7-14)19(31)26-21-25-18-17(20(32)27-21)23-11-28(18)12-35-15(8-29)9-30/h3-7,11,13,15-16,29-30H,8-10,12H2,1-2H3,(H,24,33)(H2,25,26,27,31,32). The number of rotatable bonds is 11. The second-order valence-corrected chi connectivity index (χ2v) is 8.00. The fourth-order valence-corrected chi connectivity index (χ4v) is 3.08. The summed E-state index contributed by atoms with van der Waals surface area (Å²) in [5.41, 5.74) is 0.337. The molecular weight excluding hydrogens is 460 g/mol. The van der Waals surface area contributed by atoms with Crippen LogP contribution in [0.5, 0.6) is 0 Å². The van der Waals surface area contributed by atoms with E-state index in [0.29, 0.717) is 0 Å². The summed E-state index contributed by atoms with van der Waals surface area (Å²) in [6.45, 7) is 2.60. The summed E-state index contributed by atoms with van der Waals surface area (Å²) < 4.78 is 11.9. The summed E-state index contributed by atoms with van der Waals surface area (Å²) in [7, 11) is 0. The van der Waals surface area contributed by atoms with Gasteiger partial charge in [-0.1, -0.05) is 44.2 Å². The second-order valence-electron chi connectivity index (χ2n) is 8.00. The quantitative estimate of drug-likeness (QED) is 0.254. The number of aliphatic hydroxyl groups excluding tert-OH is 2. The molecule has 0 bridgehead atoms. The average Bonchev–Trinajstić information content (AvgIpc) is 3.25. The van der Waals surface area contributed by atoms with Crippen molar-refractivity contribution >= 4 is 29.1 Å². The van der Waals surface area contributed by atoms with Crippen molar-refractivity contribution in [2.75, 3.05) is 18.5 Å². The molecule has 13 nitrogen and oxygen atoms in total. The summed E-state index contributed by atoms with van der Waals surface area (Å²) in [5, 5.41) is 23.3. The number of ether oxygens (including phenoxy) is 2. The first-order chi connectivity index (χ1) is 16.8. The Balaban J connectivity index is 1.69. The van der Waals surface area contributed by atoms with Crippen molar-refractivity contribution in [2.24, 2.45) is 5.92 Å². The lowest BCUT2D eigenvalue weighted by Gasteiger charge is -2.21. The van der Waals surface area contributed by atoms with Gasteiger partial charge >= 0.3 is 6.09 Å². The number of aromatic amines is 1. The molecule has 0 aliphatic heterocycles. The van der Waals surface area contributed by atoms with Gasteiger partial charge in [-0.15, -0.1) is 0 Å². The molecule has 1 aromatic carbocycles. The van der Waals surface area contributed by atoms with Gasteiger partial charge in [-0.3, -0.25) is 24.5 Å². The molecule has 0 aliphatic rings. The Morgan fingerprint density at radius 2 is 1.89 bits per heavy atom. The summed E-state index contributed by atoms with van der Waals surface area (Å²) in [5.74, 6) is -1.06. The van der Waals surface area contributed by atoms with E-state index in [9.17, 15) is 14.4 Å². The molecular formula is C22H28N6O7.